The van der Waals surface area contributed by atoms with E-state index in [2.05, 4.69) is 0 Å². The standard InChI is InChI=1S/C11H14O5/c1-7(12)15-8(2)16-10-5-3-9(4-6-10)11(13)14/h3-8,12H,1-2H3,(H,13,14). The van der Waals surface area contributed by atoms with Crippen LogP contribution in [-0.2, 0) is 4.74 Å². The zero-order valence-electron chi connectivity index (χ0n) is 9.08. The zero-order chi connectivity index (χ0) is 12.1. The number of carboxylic acid groups (broad SMARTS) is 1. The van der Waals surface area contributed by atoms with Crippen molar-refractivity contribution in [3.8, 4) is 5.75 Å². The molecule has 1 rings (SSSR count). The zero-order valence-corrected chi connectivity index (χ0v) is 9.08. The van der Waals surface area contributed by atoms with Crippen LogP contribution in [0.15, 0.2) is 24.3 Å². The van der Waals surface area contributed by atoms with Crippen molar-refractivity contribution in [1.82, 2.24) is 0 Å². The van der Waals surface area contributed by atoms with E-state index in [-0.39, 0.29) is 5.56 Å². The van der Waals surface area contributed by atoms with Crippen LogP contribution in [0.2, 0.25) is 0 Å². The number of benzene rings is 1. The van der Waals surface area contributed by atoms with Crippen LogP contribution in [-0.4, -0.2) is 28.8 Å². The molecule has 0 heterocycles. The minimum Gasteiger partial charge on any atom is -0.478 e. The molecule has 0 aliphatic rings. The summed E-state index contributed by atoms with van der Waals surface area (Å²) in [6, 6.07) is 5.94. The van der Waals surface area contributed by atoms with Gasteiger partial charge in [-0.1, -0.05) is 0 Å². The summed E-state index contributed by atoms with van der Waals surface area (Å²) >= 11 is 0. The average molecular weight is 226 g/mol. The van der Waals surface area contributed by atoms with E-state index in [0.717, 1.165) is 0 Å². The lowest BCUT2D eigenvalue weighted by Crippen LogP contribution is -2.21. The fraction of sp³-hybridized carbons (Fsp3) is 0.364. The Labute approximate surface area is 93.2 Å². The molecule has 1 aromatic carbocycles. The van der Waals surface area contributed by atoms with Crippen LogP contribution >= 0.6 is 0 Å². The Kier molecular flexibility index (Phi) is 4.28. The second kappa shape index (κ2) is 5.48. The van der Waals surface area contributed by atoms with Crippen molar-refractivity contribution in [2.45, 2.75) is 26.4 Å². The van der Waals surface area contributed by atoms with Gasteiger partial charge in [0.15, 0.2) is 12.6 Å². The number of ether oxygens (including phenoxy) is 2. The van der Waals surface area contributed by atoms with Crippen LogP contribution in [0.1, 0.15) is 24.2 Å². The second-order valence-corrected chi connectivity index (χ2v) is 3.25. The van der Waals surface area contributed by atoms with Crippen molar-refractivity contribution < 1.29 is 24.5 Å². The van der Waals surface area contributed by atoms with E-state index in [9.17, 15) is 4.79 Å². The molecule has 0 aliphatic carbocycles. The van der Waals surface area contributed by atoms with E-state index >= 15 is 0 Å². The Morgan fingerprint density at radius 1 is 1.25 bits per heavy atom. The normalized spacial score (nSPS) is 14.2. The predicted molar refractivity (Wildman–Crippen MR) is 56.3 cm³/mol. The summed E-state index contributed by atoms with van der Waals surface area (Å²) < 4.78 is 10.2. The van der Waals surface area contributed by atoms with Gasteiger partial charge in [0.25, 0.3) is 0 Å². The molecule has 0 radical (unpaired) electrons. The molecule has 0 spiro atoms. The minimum absolute atomic E-state index is 0.191. The quantitative estimate of drug-likeness (QED) is 0.743. The maximum atomic E-state index is 10.6. The lowest BCUT2D eigenvalue weighted by molar-refractivity contribution is -0.179. The summed E-state index contributed by atoms with van der Waals surface area (Å²) in [5.41, 5.74) is 0.191. The third-order valence-corrected chi connectivity index (χ3v) is 1.79. The van der Waals surface area contributed by atoms with Crippen molar-refractivity contribution in [1.29, 1.82) is 0 Å². The molecule has 2 atom stereocenters. The molecule has 0 aliphatic heterocycles. The van der Waals surface area contributed by atoms with Gasteiger partial charge in [-0.3, -0.25) is 0 Å². The number of aromatic carboxylic acids is 1. The first-order valence-electron chi connectivity index (χ1n) is 4.82. The number of aliphatic hydroxyl groups is 1. The highest BCUT2D eigenvalue weighted by atomic mass is 16.7. The van der Waals surface area contributed by atoms with Crippen molar-refractivity contribution in [3.05, 3.63) is 29.8 Å². The van der Waals surface area contributed by atoms with Gasteiger partial charge in [-0.15, -0.1) is 0 Å². The molecule has 0 saturated heterocycles. The van der Waals surface area contributed by atoms with E-state index in [1.807, 2.05) is 0 Å². The van der Waals surface area contributed by atoms with Crippen LogP contribution in [0, 0.1) is 0 Å². The number of aliphatic hydroxyl groups excluding tert-OH is 1. The van der Waals surface area contributed by atoms with Gasteiger partial charge in [0, 0.05) is 0 Å². The van der Waals surface area contributed by atoms with Crippen molar-refractivity contribution in [3.63, 3.8) is 0 Å². The van der Waals surface area contributed by atoms with E-state index in [1.54, 1.807) is 6.92 Å². The molecule has 0 bridgehead atoms. The molecule has 0 aromatic heterocycles. The van der Waals surface area contributed by atoms with Gasteiger partial charge in [-0.2, -0.15) is 0 Å². The maximum absolute atomic E-state index is 10.6. The highest BCUT2D eigenvalue weighted by molar-refractivity contribution is 5.87. The Morgan fingerprint density at radius 2 is 1.81 bits per heavy atom. The monoisotopic (exact) mass is 226 g/mol. The Hall–Kier alpha value is -1.59. The summed E-state index contributed by atoms with van der Waals surface area (Å²) in [5, 5.41) is 17.6. The minimum atomic E-state index is -0.986. The fourth-order valence-electron chi connectivity index (χ4n) is 1.17. The number of carboxylic acids is 1. The topological polar surface area (TPSA) is 76.0 Å². The predicted octanol–water partition coefficient (Wildman–Crippen LogP) is 1.46. The average Bonchev–Trinajstić information content (AvgIpc) is 2.16. The van der Waals surface area contributed by atoms with Gasteiger partial charge in [-0.05, 0) is 38.1 Å². The summed E-state index contributed by atoms with van der Waals surface area (Å²) in [5.74, 6) is -0.502. The lowest BCUT2D eigenvalue weighted by atomic mass is 10.2. The summed E-state index contributed by atoms with van der Waals surface area (Å²) in [6.07, 6.45) is -1.51. The van der Waals surface area contributed by atoms with Crippen LogP contribution in [0.25, 0.3) is 0 Å². The fourth-order valence-corrected chi connectivity index (χ4v) is 1.17. The molecular formula is C11H14O5. The second-order valence-electron chi connectivity index (χ2n) is 3.25. The number of hydrogen-bond donors (Lipinski definition) is 2. The summed E-state index contributed by atoms with van der Waals surface area (Å²) in [4.78, 5) is 10.6. The highest BCUT2D eigenvalue weighted by Crippen LogP contribution is 2.14. The maximum Gasteiger partial charge on any atom is 0.335 e. The lowest BCUT2D eigenvalue weighted by Gasteiger charge is -2.16. The molecule has 1 aromatic rings. The number of carbonyl (C=O) groups is 1. The van der Waals surface area contributed by atoms with Gasteiger partial charge >= 0.3 is 5.97 Å². The molecule has 16 heavy (non-hydrogen) atoms. The van der Waals surface area contributed by atoms with Crippen LogP contribution in [0.4, 0.5) is 0 Å². The first-order valence-corrected chi connectivity index (χ1v) is 4.82. The number of hydrogen-bond acceptors (Lipinski definition) is 4. The molecule has 2 N–H and O–H groups in total. The van der Waals surface area contributed by atoms with E-state index in [4.69, 9.17) is 19.7 Å². The summed E-state index contributed by atoms with van der Waals surface area (Å²) in [6.45, 7) is 3.12. The molecule has 0 amide bonds. The molecule has 88 valence electrons. The van der Waals surface area contributed by atoms with Crippen LogP contribution < -0.4 is 4.74 Å². The van der Waals surface area contributed by atoms with Crippen molar-refractivity contribution >= 4 is 5.97 Å². The number of rotatable bonds is 5. The van der Waals surface area contributed by atoms with E-state index in [0.29, 0.717) is 5.75 Å². The molecule has 0 fully saturated rings. The van der Waals surface area contributed by atoms with E-state index < -0.39 is 18.5 Å². The largest absolute Gasteiger partial charge is 0.478 e. The van der Waals surface area contributed by atoms with Gasteiger partial charge in [0.05, 0.1) is 5.56 Å². The molecule has 5 nitrogen and oxygen atoms in total. The Bertz CT molecular complexity index is 344. The molecule has 0 saturated carbocycles. The van der Waals surface area contributed by atoms with Gasteiger partial charge in [0.1, 0.15) is 5.75 Å². The van der Waals surface area contributed by atoms with E-state index in [1.165, 1.54) is 31.2 Å². The third kappa shape index (κ3) is 3.88. The Balaban J connectivity index is 2.58. The van der Waals surface area contributed by atoms with Gasteiger partial charge in [0.2, 0.25) is 0 Å². The van der Waals surface area contributed by atoms with Gasteiger partial charge < -0.3 is 19.7 Å². The van der Waals surface area contributed by atoms with Gasteiger partial charge in [-0.25, -0.2) is 4.79 Å². The van der Waals surface area contributed by atoms with Crippen LogP contribution in [0.5, 0.6) is 5.75 Å². The first-order chi connectivity index (χ1) is 7.49. The molecule has 5 heteroatoms. The van der Waals surface area contributed by atoms with Crippen LogP contribution in [0.3, 0.4) is 0 Å². The third-order valence-electron chi connectivity index (χ3n) is 1.79. The summed E-state index contributed by atoms with van der Waals surface area (Å²) in [7, 11) is 0. The highest BCUT2D eigenvalue weighted by Gasteiger charge is 2.08. The SMILES string of the molecule is CC(O)OC(C)Oc1ccc(C(=O)O)cc1. The van der Waals surface area contributed by atoms with Crippen molar-refractivity contribution in [2.24, 2.45) is 0 Å². The smallest absolute Gasteiger partial charge is 0.335 e. The van der Waals surface area contributed by atoms with Crippen molar-refractivity contribution in [2.75, 3.05) is 0 Å². The first kappa shape index (κ1) is 12.5. The molecule has 2 unspecified atom stereocenters. The molecular weight excluding hydrogens is 212 g/mol. The Morgan fingerprint density at radius 3 is 2.25 bits per heavy atom.